The summed E-state index contributed by atoms with van der Waals surface area (Å²) >= 11 is 1.87. The highest BCUT2D eigenvalue weighted by Gasteiger charge is 2.54. The van der Waals surface area contributed by atoms with Gasteiger partial charge in [-0.05, 0) is 68.4 Å². The maximum atomic E-state index is 13.4. The van der Waals surface area contributed by atoms with Crippen LogP contribution < -0.4 is 4.90 Å². The zero-order valence-electron chi connectivity index (χ0n) is 16.7. The minimum absolute atomic E-state index is 0.0889. The van der Waals surface area contributed by atoms with Crippen molar-refractivity contribution in [1.82, 2.24) is 4.98 Å². The molecule has 0 amide bonds. The van der Waals surface area contributed by atoms with E-state index in [1.807, 2.05) is 11.3 Å². The highest BCUT2D eigenvalue weighted by atomic mass is 32.1. The number of likely N-dealkylation sites (tertiary alicyclic amines) is 1. The number of ketones is 1. The Balaban J connectivity index is 1.10. The van der Waals surface area contributed by atoms with Gasteiger partial charge in [0.05, 0.1) is 28.3 Å². The van der Waals surface area contributed by atoms with Crippen molar-refractivity contribution in [3.63, 3.8) is 0 Å². The van der Waals surface area contributed by atoms with E-state index in [9.17, 15) is 4.79 Å². The molecule has 4 heteroatoms. The zero-order valence-corrected chi connectivity index (χ0v) is 17.5. The number of fused-ring (bicyclic) bond motifs is 1. The smallest absolute Gasteiger partial charge is 0.192 e. The van der Waals surface area contributed by atoms with Crippen molar-refractivity contribution in [2.24, 2.45) is 23.2 Å². The number of rotatable bonds is 4. The second-order valence-electron chi connectivity index (χ2n) is 10.3. The quantitative estimate of drug-likeness (QED) is 0.853. The summed E-state index contributed by atoms with van der Waals surface area (Å²) in [4.78, 5) is 19.8. The summed E-state index contributed by atoms with van der Waals surface area (Å²) in [6.45, 7) is 3.07. The molecule has 5 aliphatic rings. The lowest BCUT2D eigenvalue weighted by molar-refractivity contribution is -0.897. The predicted octanol–water partition coefficient (Wildman–Crippen LogP) is 3.84. The number of Topliss-reactive ketones (excluding diaryl/α,β-unsaturated/α-hetero) is 1. The van der Waals surface area contributed by atoms with Crippen LogP contribution in [0.1, 0.15) is 62.3 Å². The number of carbonyl (C=O) groups excluding carboxylic acids is 1. The van der Waals surface area contributed by atoms with E-state index in [-0.39, 0.29) is 5.41 Å². The summed E-state index contributed by atoms with van der Waals surface area (Å²) in [5.74, 6) is 3.83. The molecule has 0 atom stereocenters. The molecule has 2 heterocycles. The Kier molecular flexibility index (Phi) is 4.17. The molecule has 0 spiro atoms. The summed E-state index contributed by atoms with van der Waals surface area (Å²) in [5.41, 5.74) is 1.24. The van der Waals surface area contributed by atoms with Crippen molar-refractivity contribution < 1.29 is 9.69 Å². The van der Waals surface area contributed by atoms with Crippen molar-refractivity contribution in [3.05, 3.63) is 29.3 Å². The highest BCUT2D eigenvalue weighted by Crippen LogP contribution is 2.60. The first-order chi connectivity index (χ1) is 13.7. The molecule has 1 saturated heterocycles. The topological polar surface area (TPSA) is 34.4 Å². The molecule has 7 rings (SSSR count). The van der Waals surface area contributed by atoms with Gasteiger partial charge in [0.2, 0.25) is 0 Å². The van der Waals surface area contributed by atoms with Gasteiger partial charge in [-0.1, -0.05) is 12.1 Å². The van der Waals surface area contributed by atoms with Crippen LogP contribution in [0.5, 0.6) is 0 Å². The van der Waals surface area contributed by atoms with Gasteiger partial charge in [0, 0.05) is 24.2 Å². The Morgan fingerprint density at radius 1 is 1.04 bits per heavy atom. The molecule has 148 valence electrons. The Labute approximate surface area is 171 Å². The molecule has 3 nitrogen and oxygen atoms in total. The molecule has 28 heavy (non-hydrogen) atoms. The first kappa shape index (κ1) is 17.6. The second kappa shape index (κ2) is 6.63. The minimum atomic E-state index is 0.0889. The number of thiazole rings is 1. The van der Waals surface area contributed by atoms with E-state index in [1.165, 1.54) is 66.0 Å². The maximum absolute atomic E-state index is 13.4. The lowest BCUT2D eigenvalue weighted by atomic mass is 9.48. The molecule has 2 aromatic rings. The highest BCUT2D eigenvalue weighted by molar-refractivity contribution is 7.18. The molecule has 4 saturated carbocycles. The summed E-state index contributed by atoms with van der Waals surface area (Å²) in [6, 6.07) is 8.49. The number of para-hydroxylation sites is 1. The van der Waals surface area contributed by atoms with Crippen molar-refractivity contribution in [3.8, 4) is 0 Å². The monoisotopic (exact) mass is 395 g/mol. The van der Waals surface area contributed by atoms with E-state index in [0.29, 0.717) is 11.7 Å². The van der Waals surface area contributed by atoms with Crippen LogP contribution >= 0.6 is 11.3 Å². The van der Waals surface area contributed by atoms with Crippen molar-refractivity contribution in [2.45, 2.75) is 57.3 Å². The number of piperidine rings is 1. The van der Waals surface area contributed by atoms with Gasteiger partial charge >= 0.3 is 0 Å². The third-order valence-corrected chi connectivity index (χ3v) is 9.59. The zero-order chi connectivity index (χ0) is 18.7. The van der Waals surface area contributed by atoms with Crippen LogP contribution in [0.25, 0.3) is 10.2 Å². The van der Waals surface area contributed by atoms with Crippen LogP contribution in [0.15, 0.2) is 24.3 Å². The van der Waals surface area contributed by atoms with Gasteiger partial charge in [-0.3, -0.25) is 4.79 Å². The van der Waals surface area contributed by atoms with Crippen molar-refractivity contribution in [1.29, 1.82) is 0 Å². The van der Waals surface area contributed by atoms with E-state index in [1.54, 1.807) is 0 Å². The SMILES string of the molecule is O=C(C[NH+]1CCC(c2nc3ccccc3s2)CC1)C12CC3CC(CC(C3)C1)C2. The largest absolute Gasteiger partial charge is 0.329 e. The van der Waals surface area contributed by atoms with Crippen LogP contribution in [-0.4, -0.2) is 30.4 Å². The number of benzene rings is 1. The first-order valence-corrected chi connectivity index (χ1v) is 12.2. The molecule has 1 N–H and O–H groups in total. The lowest BCUT2D eigenvalue weighted by Gasteiger charge is -2.55. The predicted molar refractivity (Wildman–Crippen MR) is 113 cm³/mol. The number of nitrogens with one attached hydrogen (secondary N) is 1. The Hall–Kier alpha value is -1.26. The average Bonchev–Trinajstić information content (AvgIpc) is 3.12. The Bertz CT molecular complexity index is 827. The van der Waals surface area contributed by atoms with E-state index < -0.39 is 0 Å². The molecule has 0 unspecified atom stereocenters. The van der Waals surface area contributed by atoms with Gasteiger partial charge in [0.1, 0.15) is 6.54 Å². The van der Waals surface area contributed by atoms with E-state index >= 15 is 0 Å². The lowest BCUT2D eigenvalue weighted by Crippen LogP contribution is -3.14. The van der Waals surface area contributed by atoms with Gasteiger partial charge in [-0.25, -0.2) is 4.98 Å². The van der Waals surface area contributed by atoms with Gasteiger partial charge < -0.3 is 4.90 Å². The van der Waals surface area contributed by atoms with E-state index in [2.05, 4.69) is 24.3 Å². The van der Waals surface area contributed by atoms with Crippen LogP contribution in [0.3, 0.4) is 0 Å². The number of hydrogen-bond donors (Lipinski definition) is 1. The van der Waals surface area contributed by atoms with Gasteiger partial charge in [-0.15, -0.1) is 11.3 Å². The van der Waals surface area contributed by atoms with Gasteiger partial charge in [0.15, 0.2) is 5.78 Å². The molecular formula is C24H31N2OS+. The van der Waals surface area contributed by atoms with Crippen LogP contribution in [0.4, 0.5) is 0 Å². The molecule has 4 aliphatic carbocycles. The fourth-order valence-electron chi connectivity index (χ4n) is 7.38. The van der Waals surface area contributed by atoms with E-state index in [0.717, 1.165) is 42.9 Å². The van der Waals surface area contributed by atoms with Crippen LogP contribution in [0.2, 0.25) is 0 Å². The summed E-state index contributed by atoms with van der Waals surface area (Å²) in [6.07, 6.45) is 10.3. The van der Waals surface area contributed by atoms with E-state index in [4.69, 9.17) is 4.98 Å². The van der Waals surface area contributed by atoms with Crippen LogP contribution in [-0.2, 0) is 4.79 Å². The first-order valence-electron chi connectivity index (χ1n) is 11.4. The number of nitrogens with zero attached hydrogens (tertiary/aromatic N) is 1. The molecule has 1 aromatic carbocycles. The third-order valence-electron chi connectivity index (χ3n) is 8.39. The fraction of sp³-hybridized carbons (Fsp3) is 0.667. The Morgan fingerprint density at radius 2 is 1.68 bits per heavy atom. The summed E-state index contributed by atoms with van der Waals surface area (Å²) in [7, 11) is 0. The minimum Gasteiger partial charge on any atom is -0.329 e. The number of hydrogen-bond acceptors (Lipinski definition) is 3. The molecule has 5 fully saturated rings. The summed E-state index contributed by atoms with van der Waals surface area (Å²) in [5, 5.41) is 1.31. The molecule has 0 radical (unpaired) electrons. The van der Waals surface area contributed by atoms with Crippen LogP contribution in [0, 0.1) is 23.2 Å². The van der Waals surface area contributed by atoms with Crippen molar-refractivity contribution >= 4 is 27.3 Å². The van der Waals surface area contributed by atoms with Crippen molar-refractivity contribution in [2.75, 3.05) is 19.6 Å². The second-order valence-corrected chi connectivity index (χ2v) is 11.4. The van der Waals surface area contributed by atoms with Gasteiger partial charge in [-0.2, -0.15) is 0 Å². The third kappa shape index (κ3) is 2.95. The van der Waals surface area contributed by atoms with Gasteiger partial charge in [0.25, 0.3) is 0 Å². The summed E-state index contributed by atoms with van der Waals surface area (Å²) < 4.78 is 1.31. The average molecular weight is 396 g/mol. The number of quaternary nitrogens is 1. The molecular weight excluding hydrogens is 364 g/mol. The standard InChI is InChI=1S/C24H30N2OS/c27-22(24-12-16-9-17(13-24)11-18(10-16)14-24)15-26-7-5-19(6-8-26)23-25-20-3-1-2-4-21(20)28-23/h1-4,16-19H,5-15H2/p+1. The molecule has 1 aromatic heterocycles. The maximum Gasteiger partial charge on any atom is 0.192 e. The Morgan fingerprint density at radius 3 is 2.32 bits per heavy atom. The molecule has 4 bridgehead atoms. The normalized spacial score (nSPS) is 39.5. The fourth-order valence-corrected chi connectivity index (χ4v) is 8.52. The molecule has 1 aliphatic heterocycles. The number of aromatic nitrogens is 1. The number of carbonyl (C=O) groups is 1.